The van der Waals surface area contributed by atoms with Gasteiger partial charge in [0.1, 0.15) is 5.75 Å². The number of aliphatic imine (C=N–C) groups is 1. The van der Waals surface area contributed by atoms with Crippen molar-refractivity contribution in [2.24, 2.45) is 4.99 Å². The molecule has 7 heteroatoms. The lowest BCUT2D eigenvalue weighted by molar-refractivity contribution is 0.379. The predicted molar refractivity (Wildman–Crippen MR) is 131 cm³/mol. The molecule has 0 aliphatic rings. The number of pyridine rings is 1. The number of hydrogen-bond donors (Lipinski definition) is 2. The number of hydrogen-bond acceptors (Lipinski definition) is 4. The van der Waals surface area contributed by atoms with E-state index in [0.29, 0.717) is 24.6 Å². The van der Waals surface area contributed by atoms with Crippen molar-refractivity contribution in [3.8, 4) is 17.2 Å². The summed E-state index contributed by atoms with van der Waals surface area (Å²) in [4.78, 5) is 8.96. The molecule has 0 aliphatic carbocycles. The molecule has 0 amide bonds. The van der Waals surface area contributed by atoms with Crippen molar-refractivity contribution >= 4 is 29.9 Å². The molecule has 0 saturated heterocycles. The first-order valence-electron chi connectivity index (χ1n) is 9.60. The average Bonchev–Trinajstić information content (AvgIpc) is 2.78. The van der Waals surface area contributed by atoms with Gasteiger partial charge in [-0.1, -0.05) is 30.3 Å². The van der Waals surface area contributed by atoms with Crippen LogP contribution in [0.1, 0.15) is 18.2 Å². The Morgan fingerprint density at radius 3 is 2.33 bits per heavy atom. The summed E-state index contributed by atoms with van der Waals surface area (Å²) in [5, 5.41) is 6.55. The van der Waals surface area contributed by atoms with Gasteiger partial charge >= 0.3 is 0 Å². The summed E-state index contributed by atoms with van der Waals surface area (Å²) in [5.74, 6) is 2.90. The summed E-state index contributed by atoms with van der Waals surface area (Å²) in [6.07, 6.45) is 1.79. The van der Waals surface area contributed by atoms with E-state index in [9.17, 15) is 0 Å². The first-order chi connectivity index (χ1) is 14.3. The highest BCUT2D eigenvalue weighted by Gasteiger charge is 2.04. The van der Waals surface area contributed by atoms with Gasteiger partial charge in [0.25, 0.3) is 0 Å². The highest BCUT2D eigenvalue weighted by molar-refractivity contribution is 14.0. The Balaban J connectivity index is 0.00000320. The number of ether oxygens (including phenoxy) is 2. The second-order valence-electron chi connectivity index (χ2n) is 6.27. The van der Waals surface area contributed by atoms with E-state index >= 15 is 0 Å². The lowest BCUT2D eigenvalue weighted by Gasteiger charge is -2.11. The fourth-order valence-corrected chi connectivity index (χ4v) is 2.68. The van der Waals surface area contributed by atoms with Crippen LogP contribution in [-0.4, -0.2) is 24.6 Å². The Bertz CT molecular complexity index is 918. The number of nitrogens with one attached hydrogen (secondary N) is 2. The molecule has 2 aromatic carbocycles. The van der Waals surface area contributed by atoms with Crippen LogP contribution in [0.2, 0.25) is 0 Å². The van der Waals surface area contributed by atoms with E-state index < -0.39 is 0 Å². The van der Waals surface area contributed by atoms with Crippen molar-refractivity contribution in [2.75, 3.05) is 13.7 Å². The zero-order chi connectivity index (χ0) is 20.3. The molecule has 0 bridgehead atoms. The van der Waals surface area contributed by atoms with Gasteiger partial charge in [-0.15, -0.1) is 24.0 Å². The van der Waals surface area contributed by atoms with Crippen LogP contribution in [0.25, 0.3) is 0 Å². The van der Waals surface area contributed by atoms with Gasteiger partial charge in [0, 0.05) is 12.7 Å². The van der Waals surface area contributed by atoms with Crippen LogP contribution in [0.15, 0.2) is 77.9 Å². The molecule has 158 valence electrons. The maximum Gasteiger partial charge on any atom is 0.191 e. The van der Waals surface area contributed by atoms with Gasteiger partial charge in [-0.2, -0.15) is 0 Å². The van der Waals surface area contributed by atoms with Crippen molar-refractivity contribution in [1.82, 2.24) is 15.6 Å². The molecule has 3 aromatic rings. The van der Waals surface area contributed by atoms with Gasteiger partial charge in [-0.05, 0) is 48.9 Å². The van der Waals surface area contributed by atoms with Crippen molar-refractivity contribution in [2.45, 2.75) is 20.0 Å². The molecule has 0 atom stereocenters. The maximum absolute atomic E-state index is 5.91. The Labute approximate surface area is 194 Å². The molecule has 1 aromatic heterocycles. The SMILES string of the molecule is CCNC(=NCc1ccc(Oc2ccccc2OC)cc1)NCc1ccccn1.I. The Hall–Kier alpha value is -2.81. The summed E-state index contributed by atoms with van der Waals surface area (Å²) >= 11 is 0. The van der Waals surface area contributed by atoms with Crippen molar-refractivity contribution in [3.63, 3.8) is 0 Å². The first-order valence-corrected chi connectivity index (χ1v) is 9.60. The number of benzene rings is 2. The number of methoxy groups -OCH3 is 1. The zero-order valence-corrected chi connectivity index (χ0v) is 19.5. The standard InChI is InChI=1S/C23H26N4O2.HI/c1-3-24-23(27-17-19-8-6-7-15-25-19)26-16-18-11-13-20(14-12-18)29-22-10-5-4-9-21(22)28-2;/h4-15H,3,16-17H2,1-2H3,(H2,24,26,27);1H. The van der Waals surface area contributed by atoms with Gasteiger partial charge in [0.05, 0.1) is 25.9 Å². The van der Waals surface area contributed by atoms with Crippen molar-refractivity contribution in [3.05, 3.63) is 84.2 Å². The van der Waals surface area contributed by atoms with Gasteiger partial charge in [0.2, 0.25) is 0 Å². The average molecular weight is 518 g/mol. The minimum absolute atomic E-state index is 0. The van der Waals surface area contributed by atoms with Crippen LogP contribution in [-0.2, 0) is 13.1 Å². The van der Waals surface area contributed by atoms with Gasteiger partial charge in [0.15, 0.2) is 17.5 Å². The number of nitrogens with zero attached hydrogens (tertiary/aromatic N) is 2. The molecule has 0 unspecified atom stereocenters. The highest BCUT2D eigenvalue weighted by atomic mass is 127. The molecule has 0 radical (unpaired) electrons. The largest absolute Gasteiger partial charge is 0.493 e. The molecule has 0 aliphatic heterocycles. The number of guanidine groups is 1. The van der Waals surface area contributed by atoms with Crippen molar-refractivity contribution < 1.29 is 9.47 Å². The van der Waals surface area contributed by atoms with Crippen LogP contribution >= 0.6 is 24.0 Å². The van der Waals surface area contributed by atoms with E-state index in [1.165, 1.54) is 0 Å². The van der Waals surface area contributed by atoms with Crippen LogP contribution in [0, 0.1) is 0 Å². The molecule has 1 heterocycles. The Morgan fingerprint density at radius 2 is 1.67 bits per heavy atom. The molecular formula is C23H27IN4O2. The van der Waals surface area contributed by atoms with E-state index in [-0.39, 0.29) is 24.0 Å². The third-order valence-electron chi connectivity index (χ3n) is 4.15. The summed E-state index contributed by atoms with van der Waals surface area (Å²) in [7, 11) is 1.63. The van der Waals surface area contributed by atoms with Gasteiger partial charge in [-0.25, -0.2) is 4.99 Å². The molecule has 30 heavy (non-hydrogen) atoms. The van der Waals surface area contributed by atoms with E-state index in [1.807, 2.05) is 73.7 Å². The maximum atomic E-state index is 5.91. The number of rotatable bonds is 8. The minimum Gasteiger partial charge on any atom is -0.493 e. The Kier molecular flexibility index (Phi) is 9.93. The molecule has 0 spiro atoms. The number of para-hydroxylation sites is 2. The molecule has 2 N–H and O–H groups in total. The summed E-state index contributed by atoms with van der Waals surface area (Å²) in [6, 6.07) is 21.3. The number of halogens is 1. The lowest BCUT2D eigenvalue weighted by atomic mass is 10.2. The first kappa shape index (κ1) is 23.5. The van der Waals surface area contributed by atoms with E-state index in [2.05, 4.69) is 20.6 Å². The van der Waals surface area contributed by atoms with E-state index in [0.717, 1.165) is 29.5 Å². The normalized spacial score (nSPS) is 10.7. The topological polar surface area (TPSA) is 67.8 Å². The highest BCUT2D eigenvalue weighted by Crippen LogP contribution is 2.30. The zero-order valence-electron chi connectivity index (χ0n) is 17.2. The summed E-state index contributed by atoms with van der Waals surface area (Å²) in [6.45, 7) is 4.02. The molecule has 3 rings (SSSR count). The van der Waals surface area contributed by atoms with Gasteiger partial charge < -0.3 is 20.1 Å². The van der Waals surface area contributed by atoms with Crippen LogP contribution in [0.5, 0.6) is 17.2 Å². The fraction of sp³-hybridized carbons (Fsp3) is 0.217. The van der Waals surface area contributed by atoms with Crippen molar-refractivity contribution in [1.29, 1.82) is 0 Å². The summed E-state index contributed by atoms with van der Waals surface area (Å²) in [5.41, 5.74) is 2.06. The molecular weight excluding hydrogens is 491 g/mol. The predicted octanol–water partition coefficient (Wildman–Crippen LogP) is 4.76. The Morgan fingerprint density at radius 1 is 0.933 bits per heavy atom. The third-order valence-corrected chi connectivity index (χ3v) is 4.15. The van der Waals surface area contributed by atoms with E-state index in [1.54, 1.807) is 13.3 Å². The fourth-order valence-electron chi connectivity index (χ4n) is 2.68. The molecule has 0 saturated carbocycles. The van der Waals surface area contributed by atoms with Crippen LogP contribution in [0.3, 0.4) is 0 Å². The number of aromatic nitrogens is 1. The van der Waals surface area contributed by atoms with E-state index in [4.69, 9.17) is 9.47 Å². The second-order valence-corrected chi connectivity index (χ2v) is 6.27. The second kappa shape index (κ2) is 12.7. The lowest BCUT2D eigenvalue weighted by Crippen LogP contribution is -2.36. The summed E-state index contributed by atoms with van der Waals surface area (Å²) < 4.78 is 11.2. The quantitative estimate of drug-likeness (QED) is 0.256. The monoisotopic (exact) mass is 518 g/mol. The smallest absolute Gasteiger partial charge is 0.191 e. The molecule has 6 nitrogen and oxygen atoms in total. The van der Waals surface area contributed by atoms with Crippen LogP contribution < -0.4 is 20.1 Å². The third kappa shape index (κ3) is 7.22. The van der Waals surface area contributed by atoms with Crippen LogP contribution in [0.4, 0.5) is 0 Å². The minimum atomic E-state index is 0. The van der Waals surface area contributed by atoms with Gasteiger partial charge in [-0.3, -0.25) is 4.98 Å². The molecule has 0 fully saturated rings.